The van der Waals surface area contributed by atoms with Crippen LogP contribution in [0.25, 0.3) is 15.2 Å². The van der Waals surface area contributed by atoms with Crippen LogP contribution in [0.2, 0.25) is 0 Å². The van der Waals surface area contributed by atoms with Crippen LogP contribution in [0, 0.1) is 10.1 Å². The Balaban J connectivity index is 1.52. The Labute approximate surface area is 191 Å². The minimum atomic E-state index is -3.81. The Morgan fingerprint density at radius 2 is 1.84 bits per heavy atom. The first kappa shape index (κ1) is 21.3. The van der Waals surface area contributed by atoms with Crippen molar-refractivity contribution in [3.05, 3.63) is 52.6 Å². The molecule has 2 aromatic carbocycles. The lowest BCUT2D eigenvalue weighted by Gasteiger charge is -2.31. The van der Waals surface area contributed by atoms with Gasteiger partial charge in [0.1, 0.15) is 0 Å². The molecule has 0 N–H and O–H groups in total. The fourth-order valence-electron chi connectivity index (χ4n) is 3.58. The van der Waals surface area contributed by atoms with E-state index in [4.69, 9.17) is 0 Å². The lowest BCUT2D eigenvalue weighted by Crippen LogP contribution is -2.47. The molecule has 0 aliphatic carbocycles. The van der Waals surface area contributed by atoms with Gasteiger partial charge >= 0.3 is 0 Å². The van der Waals surface area contributed by atoms with Gasteiger partial charge in [-0.3, -0.25) is 14.5 Å². The number of para-hydroxylation sites is 1. The second-order valence-electron chi connectivity index (χ2n) is 7.37. The Bertz CT molecular complexity index is 1440. The summed E-state index contributed by atoms with van der Waals surface area (Å²) in [6.45, 7) is 1.94. The van der Waals surface area contributed by atoms with Crippen LogP contribution in [-0.4, -0.2) is 70.4 Å². The van der Waals surface area contributed by atoms with Gasteiger partial charge in [0.2, 0.25) is 20.1 Å². The molecule has 1 aliphatic rings. The maximum absolute atomic E-state index is 13.0. The van der Waals surface area contributed by atoms with Crippen LogP contribution in [0.4, 0.5) is 5.69 Å². The number of fused-ring (bicyclic) bond motifs is 3. The van der Waals surface area contributed by atoms with Gasteiger partial charge in [0.05, 0.1) is 24.9 Å². The molecule has 166 valence electrons. The van der Waals surface area contributed by atoms with E-state index in [0.29, 0.717) is 41.2 Å². The smallest absolute Gasteiger partial charge is 0.284 e. The Kier molecular flexibility index (Phi) is 5.37. The van der Waals surface area contributed by atoms with Crippen LogP contribution in [0.5, 0.6) is 0 Å². The number of likely N-dealkylation sites (N-methyl/N-ethyl adjacent to an activating group) is 1. The summed E-state index contributed by atoms with van der Waals surface area (Å²) in [6.07, 6.45) is 0. The molecule has 1 fully saturated rings. The van der Waals surface area contributed by atoms with Crippen molar-refractivity contribution in [2.24, 2.45) is 0 Å². The molecule has 10 nitrogen and oxygen atoms in total. The van der Waals surface area contributed by atoms with E-state index in [1.807, 2.05) is 40.6 Å². The molecule has 13 heteroatoms. The summed E-state index contributed by atoms with van der Waals surface area (Å²) in [6, 6.07) is 11.8. The highest BCUT2D eigenvalue weighted by molar-refractivity contribution is 7.99. The first-order valence-electron chi connectivity index (χ1n) is 9.72. The number of aromatic nitrogens is 3. The molecule has 0 spiro atoms. The molecular weight excluding hydrogens is 472 g/mol. The van der Waals surface area contributed by atoms with Gasteiger partial charge in [0, 0.05) is 32.2 Å². The predicted octanol–water partition coefficient (Wildman–Crippen LogP) is 2.94. The van der Waals surface area contributed by atoms with Crippen molar-refractivity contribution in [3.63, 3.8) is 0 Å². The van der Waals surface area contributed by atoms with Crippen molar-refractivity contribution in [2.45, 2.75) is 14.9 Å². The Morgan fingerprint density at radius 1 is 1.09 bits per heavy atom. The molecule has 4 aromatic rings. The molecule has 2 aromatic heterocycles. The fourth-order valence-corrected chi connectivity index (χ4v) is 6.98. The third-order valence-corrected chi connectivity index (χ3v) is 9.26. The van der Waals surface area contributed by atoms with Crippen LogP contribution in [0.3, 0.4) is 0 Å². The van der Waals surface area contributed by atoms with Crippen LogP contribution < -0.4 is 0 Å². The number of hydrogen-bond acceptors (Lipinski definition) is 9. The molecule has 1 saturated heterocycles. The monoisotopic (exact) mass is 490 g/mol. The molecule has 5 rings (SSSR count). The van der Waals surface area contributed by atoms with Crippen LogP contribution in [0.1, 0.15) is 0 Å². The van der Waals surface area contributed by atoms with Gasteiger partial charge in [0.15, 0.2) is 0 Å². The molecular formula is C19H18N6O4S3. The fraction of sp³-hybridized carbons (Fsp3) is 0.263. The summed E-state index contributed by atoms with van der Waals surface area (Å²) in [5.74, 6) is 0. The number of benzene rings is 2. The first-order chi connectivity index (χ1) is 15.3. The number of hydrogen-bond donors (Lipinski definition) is 0. The van der Waals surface area contributed by atoms with Crippen molar-refractivity contribution in [1.82, 2.24) is 23.8 Å². The van der Waals surface area contributed by atoms with E-state index in [0.717, 1.165) is 28.0 Å². The number of thiazole rings is 1. The van der Waals surface area contributed by atoms with Gasteiger partial charge in [-0.15, -0.1) is 10.2 Å². The molecule has 0 radical (unpaired) electrons. The molecule has 0 bridgehead atoms. The summed E-state index contributed by atoms with van der Waals surface area (Å²) in [7, 11) is -1.88. The van der Waals surface area contributed by atoms with Crippen LogP contribution in [-0.2, 0) is 10.0 Å². The van der Waals surface area contributed by atoms with E-state index >= 15 is 0 Å². The van der Waals surface area contributed by atoms with E-state index in [1.54, 1.807) is 0 Å². The molecule has 0 saturated carbocycles. The van der Waals surface area contributed by atoms with E-state index in [9.17, 15) is 18.5 Å². The average Bonchev–Trinajstić information content (AvgIpc) is 3.34. The molecule has 0 amide bonds. The third-order valence-electron chi connectivity index (χ3n) is 5.34. The van der Waals surface area contributed by atoms with Crippen molar-refractivity contribution in [1.29, 1.82) is 0 Å². The molecule has 3 heterocycles. The summed E-state index contributed by atoms with van der Waals surface area (Å²) >= 11 is 2.57. The van der Waals surface area contributed by atoms with Gasteiger partial charge in [-0.25, -0.2) is 8.42 Å². The number of rotatable bonds is 5. The van der Waals surface area contributed by atoms with Crippen molar-refractivity contribution in [3.8, 4) is 0 Å². The topological polar surface area (TPSA) is 114 Å². The van der Waals surface area contributed by atoms with Crippen molar-refractivity contribution in [2.75, 3.05) is 33.2 Å². The SMILES string of the molecule is CN1CCN(S(=O)(=O)c2ccc(Sc3nnc4sc5ccccc5n34)c([N+](=O)[O-])c2)CC1. The summed E-state index contributed by atoms with van der Waals surface area (Å²) < 4.78 is 30.3. The van der Waals surface area contributed by atoms with E-state index in [1.165, 1.54) is 27.8 Å². The molecule has 0 unspecified atom stereocenters. The van der Waals surface area contributed by atoms with Crippen molar-refractivity contribution >= 4 is 54.0 Å². The van der Waals surface area contributed by atoms with Gasteiger partial charge in [-0.1, -0.05) is 23.5 Å². The quantitative estimate of drug-likeness (QED) is 0.310. The predicted molar refractivity (Wildman–Crippen MR) is 122 cm³/mol. The maximum Gasteiger partial charge on any atom is 0.284 e. The van der Waals surface area contributed by atoms with Gasteiger partial charge in [-0.05, 0) is 43.1 Å². The second-order valence-corrected chi connectivity index (χ2v) is 11.3. The van der Waals surface area contributed by atoms with Crippen molar-refractivity contribution < 1.29 is 13.3 Å². The lowest BCUT2D eigenvalue weighted by molar-refractivity contribution is -0.388. The van der Waals surface area contributed by atoms with Gasteiger partial charge in [-0.2, -0.15) is 4.31 Å². The summed E-state index contributed by atoms with van der Waals surface area (Å²) in [5.41, 5.74) is 0.637. The number of nitro benzene ring substituents is 1. The zero-order chi connectivity index (χ0) is 22.5. The third kappa shape index (κ3) is 3.65. The molecule has 1 aliphatic heterocycles. The highest BCUT2D eigenvalue weighted by Gasteiger charge is 2.30. The van der Waals surface area contributed by atoms with Gasteiger partial charge < -0.3 is 4.90 Å². The average molecular weight is 491 g/mol. The van der Waals surface area contributed by atoms with Crippen LogP contribution in [0.15, 0.2) is 57.4 Å². The van der Waals surface area contributed by atoms with Crippen LogP contribution >= 0.6 is 23.1 Å². The number of nitro groups is 1. The largest absolute Gasteiger partial charge is 0.304 e. The minimum Gasteiger partial charge on any atom is -0.304 e. The zero-order valence-electron chi connectivity index (χ0n) is 16.9. The van der Waals surface area contributed by atoms with E-state index < -0.39 is 14.9 Å². The first-order valence-corrected chi connectivity index (χ1v) is 12.8. The Hall–Kier alpha value is -2.58. The summed E-state index contributed by atoms with van der Waals surface area (Å²) in [4.78, 5) is 14.2. The number of piperazine rings is 1. The highest BCUT2D eigenvalue weighted by Crippen LogP contribution is 2.38. The van der Waals surface area contributed by atoms with Gasteiger partial charge in [0.25, 0.3) is 5.69 Å². The standard InChI is InChI=1S/C19H18N6O4S3/c1-22-8-10-23(11-9-22)32(28,29)13-6-7-17(15(12-13)25(26)27)31-19-21-20-18-24(19)14-4-2-3-5-16(14)30-18/h2-7,12H,8-11H2,1H3. The minimum absolute atomic E-state index is 0.0783. The molecule has 0 atom stereocenters. The number of nitrogens with zero attached hydrogens (tertiary/aromatic N) is 6. The second kappa shape index (κ2) is 8.08. The highest BCUT2D eigenvalue weighted by atomic mass is 32.2. The maximum atomic E-state index is 13.0. The molecule has 32 heavy (non-hydrogen) atoms. The number of sulfonamides is 1. The Morgan fingerprint density at radius 3 is 2.59 bits per heavy atom. The lowest BCUT2D eigenvalue weighted by atomic mass is 10.3. The summed E-state index contributed by atoms with van der Waals surface area (Å²) in [5, 5.41) is 20.7. The normalized spacial score (nSPS) is 16.2. The van der Waals surface area contributed by atoms with E-state index in [2.05, 4.69) is 10.2 Å². The van der Waals surface area contributed by atoms with E-state index in [-0.39, 0.29) is 10.6 Å². The zero-order valence-corrected chi connectivity index (χ0v) is 19.4.